The van der Waals surface area contributed by atoms with E-state index in [2.05, 4.69) is 30.0 Å². The molecule has 1 aromatic rings. The lowest BCUT2D eigenvalue weighted by atomic mass is 9.96. The first kappa shape index (κ1) is 12.2. The van der Waals surface area contributed by atoms with Crippen molar-refractivity contribution in [2.75, 3.05) is 13.1 Å². The predicted molar refractivity (Wildman–Crippen MR) is 75.5 cm³/mol. The molecule has 1 fully saturated rings. The molecular weight excluding hydrogens is 220 g/mol. The first-order valence-corrected chi connectivity index (χ1v) is 7.29. The van der Waals surface area contributed by atoms with Gasteiger partial charge in [0.2, 0.25) is 0 Å². The Bertz CT molecular complexity index is 417. The second-order valence-electron chi connectivity index (χ2n) is 6.25. The SMILES string of the molecule is CC1CC(N)CN(Cc2ccc3c(c2)CCC3)C1. The lowest BCUT2D eigenvalue weighted by Gasteiger charge is -2.34. The molecule has 2 atom stereocenters. The predicted octanol–water partition coefficient (Wildman–Crippen LogP) is 2.34. The van der Waals surface area contributed by atoms with Crippen molar-refractivity contribution in [1.29, 1.82) is 0 Å². The summed E-state index contributed by atoms with van der Waals surface area (Å²) < 4.78 is 0. The van der Waals surface area contributed by atoms with E-state index in [0.29, 0.717) is 6.04 Å². The van der Waals surface area contributed by atoms with Crippen molar-refractivity contribution in [2.45, 2.75) is 45.2 Å². The maximum absolute atomic E-state index is 6.12. The quantitative estimate of drug-likeness (QED) is 0.865. The van der Waals surface area contributed by atoms with Crippen LogP contribution in [0.15, 0.2) is 18.2 Å². The number of hydrogen-bond donors (Lipinski definition) is 1. The summed E-state index contributed by atoms with van der Waals surface area (Å²) in [6.45, 7) is 5.65. The Balaban J connectivity index is 1.69. The summed E-state index contributed by atoms with van der Waals surface area (Å²) in [5.74, 6) is 0.739. The maximum atomic E-state index is 6.12. The van der Waals surface area contributed by atoms with Gasteiger partial charge in [0.25, 0.3) is 0 Å². The van der Waals surface area contributed by atoms with Gasteiger partial charge >= 0.3 is 0 Å². The van der Waals surface area contributed by atoms with Crippen LogP contribution in [0, 0.1) is 5.92 Å². The van der Waals surface area contributed by atoms with Gasteiger partial charge in [0.15, 0.2) is 0 Å². The molecule has 0 spiro atoms. The molecule has 2 unspecified atom stereocenters. The normalized spacial score (nSPS) is 28.3. The largest absolute Gasteiger partial charge is 0.327 e. The highest BCUT2D eigenvalue weighted by molar-refractivity contribution is 5.35. The molecule has 0 amide bonds. The van der Waals surface area contributed by atoms with Crippen LogP contribution in [0.25, 0.3) is 0 Å². The maximum Gasteiger partial charge on any atom is 0.0234 e. The highest BCUT2D eigenvalue weighted by atomic mass is 15.1. The number of aryl methyl sites for hydroxylation is 2. The van der Waals surface area contributed by atoms with Gasteiger partial charge in [-0.1, -0.05) is 25.1 Å². The van der Waals surface area contributed by atoms with E-state index < -0.39 is 0 Å². The summed E-state index contributed by atoms with van der Waals surface area (Å²) in [7, 11) is 0. The zero-order valence-electron chi connectivity index (χ0n) is 11.4. The number of hydrogen-bond acceptors (Lipinski definition) is 2. The van der Waals surface area contributed by atoms with E-state index >= 15 is 0 Å². The number of fused-ring (bicyclic) bond motifs is 1. The molecule has 2 nitrogen and oxygen atoms in total. The molecule has 0 bridgehead atoms. The fraction of sp³-hybridized carbons (Fsp3) is 0.625. The van der Waals surface area contributed by atoms with Crippen LogP contribution in [0.3, 0.4) is 0 Å². The molecule has 3 rings (SSSR count). The van der Waals surface area contributed by atoms with Crippen LogP contribution < -0.4 is 5.73 Å². The molecule has 0 aromatic heterocycles. The molecule has 1 aliphatic heterocycles. The zero-order valence-corrected chi connectivity index (χ0v) is 11.4. The highest BCUT2D eigenvalue weighted by Gasteiger charge is 2.22. The summed E-state index contributed by atoms with van der Waals surface area (Å²) in [5.41, 5.74) is 10.7. The van der Waals surface area contributed by atoms with Gasteiger partial charge in [-0.2, -0.15) is 0 Å². The minimum Gasteiger partial charge on any atom is -0.327 e. The van der Waals surface area contributed by atoms with Gasteiger partial charge in [-0.25, -0.2) is 0 Å². The third-order valence-electron chi connectivity index (χ3n) is 4.34. The second kappa shape index (κ2) is 5.02. The van der Waals surface area contributed by atoms with Gasteiger partial charge in [0.1, 0.15) is 0 Å². The minimum atomic E-state index is 0.364. The van der Waals surface area contributed by atoms with E-state index in [1.54, 1.807) is 11.1 Å². The molecule has 2 N–H and O–H groups in total. The molecule has 98 valence electrons. The van der Waals surface area contributed by atoms with E-state index in [0.717, 1.165) is 19.0 Å². The number of rotatable bonds is 2. The van der Waals surface area contributed by atoms with Gasteiger partial charge in [0, 0.05) is 25.7 Å². The van der Waals surface area contributed by atoms with Crippen LogP contribution in [0.4, 0.5) is 0 Å². The van der Waals surface area contributed by atoms with E-state index in [9.17, 15) is 0 Å². The Morgan fingerprint density at radius 1 is 1.22 bits per heavy atom. The third-order valence-corrected chi connectivity index (χ3v) is 4.34. The zero-order chi connectivity index (χ0) is 12.5. The number of likely N-dealkylation sites (tertiary alicyclic amines) is 1. The van der Waals surface area contributed by atoms with Crippen LogP contribution in [0.1, 0.15) is 36.5 Å². The summed E-state index contributed by atoms with van der Waals surface area (Å²) in [6.07, 6.45) is 5.07. The average Bonchev–Trinajstić information content (AvgIpc) is 2.74. The summed E-state index contributed by atoms with van der Waals surface area (Å²) in [4.78, 5) is 2.52. The van der Waals surface area contributed by atoms with E-state index in [4.69, 9.17) is 5.73 Å². The monoisotopic (exact) mass is 244 g/mol. The lowest BCUT2D eigenvalue weighted by molar-refractivity contribution is 0.158. The highest BCUT2D eigenvalue weighted by Crippen LogP contribution is 2.24. The van der Waals surface area contributed by atoms with E-state index in [1.807, 2.05) is 0 Å². The molecule has 2 aliphatic rings. The smallest absolute Gasteiger partial charge is 0.0234 e. The number of nitrogens with zero attached hydrogens (tertiary/aromatic N) is 1. The van der Waals surface area contributed by atoms with Gasteiger partial charge in [-0.15, -0.1) is 0 Å². The second-order valence-corrected chi connectivity index (χ2v) is 6.25. The van der Waals surface area contributed by atoms with Crippen LogP contribution in [0.5, 0.6) is 0 Å². The van der Waals surface area contributed by atoms with Crippen LogP contribution >= 0.6 is 0 Å². The van der Waals surface area contributed by atoms with Gasteiger partial charge < -0.3 is 5.73 Å². The molecule has 0 saturated carbocycles. The van der Waals surface area contributed by atoms with Crippen LogP contribution in [-0.2, 0) is 19.4 Å². The van der Waals surface area contributed by atoms with Gasteiger partial charge in [0.05, 0.1) is 0 Å². The molecule has 2 heteroatoms. The number of piperidine rings is 1. The Hall–Kier alpha value is -0.860. The number of benzene rings is 1. The molecule has 0 radical (unpaired) electrons. The topological polar surface area (TPSA) is 29.3 Å². The first-order valence-electron chi connectivity index (χ1n) is 7.29. The third kappa shape index (κ3) is 2.60. The van der Waals surface area contributed by atoms with Gasteiger partial charge in [-0.3, -0.25) is 4.90 Å². The Morgan fingerprint density at radius 2 is 2.06 bits per heavy atom. The summed E-state index contributed by atoms with van der Waals surface area (Å²) >= 11 is 0. The van der Waals surface area contributed by atoms with Crippen molar-refractivity contribution in [3.63, 3.8) is 0 Å². The van der Waals surface area contributed by atoms with E-state index in [-0.39, 0.29) is 0 Å². The van der Waals surface area contributed by atoms with Crippen molar-refractivity contribution >= 4 is 0 Å². The Kier molecular flexibility index (Phi) is 3.40. The fourth-order valence-electron chi connectivity index (χ4n) is 3.62. The Morgan fingerprint density at radius 3 is 2.89 bits per heavy atom. The standard InChI is InChI=1S/C16H24N2/c1-12-7-16(17)11-18(9-12)10-13-5-6-14-3-2-4-15(14)8-13/h5-6,8,12,16H,2-4,7,9-11,17H2,1H3. The molecule has 1 aliphatic carbocycles. The van der Waals surface area contributed by atoms with E-state index in [1.165, 1.54) is 37.8 Å². The molecule has 18 heavy (non-hydrogen) atoms. The number of nitrogens with two attached hydrogens (primary N) is 1. The molecule has 1 saturated heterocycles. The minimum absolute atomic E-state index is 0.364. The fourth-order valence-corrected chi connectivity index (χ4v) is 3.62. The molecular formula is C16H24N2. The first-order chi connectivity index (χ1) is 8.70. The van der Waals surface area contributed by atoms with Gasteiger partial charge in [-0.05, 0) is 48.3 Å². The van der Waals surface area contributed by atoms with Crippen molar-refractivity contribution in [2.24, 2.45) is 11.7 Å². The van der Waals surface area contributed by atoms with Crippen molar-refractivity contribution in [3.8, 4) is 0 Å². The summed E-state index contributed by atoms with van der Waals surface area (Å²) in [6, 6.07) is 7.44. The van der Waals surface area contributed by atoms with Crippen molar-refractivity contribution in [1.82, 2.24) is 4.90 Å². The Labute approximate surface area is 110 Å². The summed E-state index contributed by atoms with van der Waals surface area (Å²) in [5, 5.41) is 0. The molecule has 1 heterocycles. The van der Waals surface area contributed by atoms with Crippen LogP contribution in [-0.4, -0.2) is 24.0 Å². The van der Waals surface area contributed by atoms with Crippen molar-refractivity contribution in [3.05, 3.63) is 34.9 Å². The average molecular weight is 244 g/mol. The lowest BCUT2D eigenvalue weighted by Crippen LogP contribution is -2.45. The van der Waals surface area contributed by atoms with Crippen LogP contribution in [0.2, 0.25) is 0 Å². The van der Waals surface area contributed by atoms with Crippen molar-refractivity contribution < 1.29 is 0 Å². The molecule has 1 aromatic carbocycles.